The number of hydrogen-bond acceptors (Lipinski definition) is 3. The lowest BCUT2D eigenvalue weighted by atomic mass is 9.76. The van der Waals surface area contributed by atoms with Gasteiger partial charge in [-0.2, -0.15) is 0 Å². The van der Waals surface area contributed by atoms with Crippen molar-refractivity contribution >= 4 is 0 Å². The Balaban J connectivity index is 2.58. The van der Waals surface area contributed by atoms with E-state index in [-0.39, 0.29) is 11.2 Å². The predicted molar refractivity (Wildman–Crippen MR) is 73.3 cm³/mol. The second-order valence-corrected chi connectivity index (χ2v) is 5.42. The summed E-state index contributed by atoms with van der Waals surface area (Å²) >= 11 is 0. The number of ether oxygens (including phenoxy) is 1. The van der Waals surface area contributed by atoms with E-state index in [1.165, 1.54) is 24.0 Å². The second-order valence-electron chi connectivity index (χ2n) is 5.42. The van der Waals surface area contributed by atoms with Crippen LogP contribution in [0.4, 0.5) is 0 Å². The molecule has 3 heteroatoms. The van der Waals surface area contributed by atoms with Gasteiger partial charge in [0.05, 0.1) is 7.11 Å². The molecule has 1 aliphatic carbocycles. The molecule has 0 radical (unpaired) electrons. The van der Waals surface area contributed by atoms with E-state index in [2.05, 4.69) is 6.92 Å². The van der Waals surface area contributed by atoms with Gasteiger partial charge in [0, 0.05) is 12.0 Å². The molecule has 0 unspecified atom stereocenters. The van der Waals surface area contributed by atoms with Crippen LogP contribution in [0.25, 0.3) is 0 Å². The number of phenolic OH excluding ortho intramolecular Hbond substituents is 1. The summed E-state index contributed by atoms with van der Waals surface area (Å²) in [6.07, 6.45) is 4.69. The Morgan fingerprint density at radius 2 is 1.89 bits per heavy atom. The van der Waals surface area contributed by atoms with Crippen molar-refractivity contribution in [3.8, 4) is 11.5 Å². The molecule has 0 aliphatic heterocycles. The van der Waals surface area contributed by atoms with E-state index in [0.29, 0.717) is 12.3 Å². The quantitative estimate of drug-likeness (QED) is 0.866. The van der Waals surface area contributed by atoms with E-state index in [0.717, 1.165) is 18.4 Å². The van der Waals surface area contributed by atoms with E-state index < -0.39 is 0 Å². The Labute approximate surface area is 109 Å². The zero-order valence-corrected chi connectivity index (χ0v) is 11.5. The molecule has 1 aromatic carbocycles. The molecule has 0 bridgehead atoms. The molecule has 0 aromatic heterocycles. The highest BCUT2D eigenvalue weighted by molar-refractivity contribution is 5.55. The second kappa shape index (κ2) is 4.81. The molecule has 1 aliphatic rings. The van der Waals surface area contributed by atoms with Crippen LogP contribution in [0.5, 0.6) is 11.5 Å². The number of benzene rings is 1. The summed E-state index contributed by atoms with van der Waals surface area (Å²) in [5, 5.41) is 10.1. The van der Waals surface area contributed by atoms with Gasteiger partial charge in [-0.15, -0.1) is 0 Å². The third-order valence-electron chi connectivity index (χ3n) is 4.55. The molecule has 0 heterocycles. The van der Waals surface area contributed by atoms with Crippen LogP contribution in [0, 0.1) is 13.8 Å². The Morgan fingerprint density at radius 3 is 2.39 bits per heavy atom. The highest BCUT2D eigenvalue weighted by Gasteiger charge is 2.36. The Bertz CT molecular complexity index is 448. The Hall–Kier alpha value is -1.22. The van der Waals surface area contributed by atoms with Gasteiger partial charge < -0.3 is 15.6 Å². The number of aromatic hydroxyl groups is 1. The number of nitrogens with two attached hydrogens (primary N) is 1. The van der Waals surface area contributed by atoms with Crippen LogP contribution < -0.4 is 10.5 Å². The number of rotatable bonds is 3. The first-order chi connectivity index (χ1) is 8.55. The maximum atomic E-state index is 10.1. The van der Waals surface area contributed by atoms with Gasteiger partial charge in [0.25, 0.3) is 0 Å². The van der Waals surface area contributed by atoms with E-state index in [9.17, 15) is 5.11 Å². The number of phenols is 1. The third-order valence-corrected chi connectivity index (χ3v) is 4.55. The van der Waals surface area contributed by atoms with Crippen molar-refractivity contribution in [1.29, 1.82) is 0 Å². The van der Waals surface area contributed by atoms with Crippen LogP contribution in [0.15, 0.2) is 6.07 Å². The van der Waals surface area contributed by atoms with E-state index in [1.807, 2.05) is 13.0 Å². The number of hydrogen-bond donors (Lipinski definition) is 2. The molecule has 3 N–H and O–H groups in total. The van der Waals surface area contributed by atoms with E-state index in [4.69, 9.17) is 10.5 Å². The fourth-order valence-electron chi connectivity index (χ4n) is 3.32. The first kappa shape index (κ1) is 13.2. The van der Waals surface area contributed by atoms with Gasteiger partial charge in [0.15, 0.2) is 11.5 Å². The normalized spacial score (nSPS) is 18.0. The molecule has 0 spiro atoms. The van der Waals surface area contributed by atoms with Crippen LogP contribution >= 0.6 is 0 Å². The highest BCUT2D eigenvalue weighted by atomic mass is 16.5. The predicted octanol–water partition coefficient (Wildman–Crippen LogP) is 2.79. The zero-order chi connectivity index (χ0) is 13.3. The van der Waals surface area contributed by atoms with Gasteiger partial charge in [-0.05, 0) is 49.4 Å². The molecular formula is C15H23NO2. The fraction of sp³-hybridized carbons (Fsp3) is 0.600. The first-order valence-corrected chi connectivity index (χ1v) is 6.63. The van der Waals surface area contributed by atoms with Crippen molar-refractivity contribution < 1.29 is 9.84 Å². The lowest BCUT2D eigenvalue weighted by Gasteiger charge is -2.31. The maximum absolute atomic E-state index is 10.1. The number of methoxy groups -OCH3 is 1. The summed E-state index contributed by atoms with van der Waals surface area (Å²) in [5.74, 6) is 0.816. The van der Waals surface area contributed by atoms with Crippen LogP contribution in [0.3, 0.4) is 0 Å². The largest absolute Gasteiger partial charge is 0.504 e. The van der Waals surface area contributed by atoms with Crippen LogP contribution in [-0.4, -0.2) is 18.8 Å². The minimum Gasteiger partial charge on any atom is -0.504 e. The summed E-state index contributed by atoms with van der Waals surface area (Å²) < 4.78 is 5.26. The maximum Gasteiger partial charge on any atom is 0.163 e. The summed E-state index contributed by atoms with van der Waals surface area (Å²) in [6, 6.07) is 1.86. The van der Waals surface area contributed by atoms with Crippen molar-refractivity contribution in [3.63, 3.8) is 0 Å². The summed E-state index contributed by atoms with van der Waals surface area (Å²) in [7, 11) is 1.59. The molecule has 100 valence electrons. The monoisotopic (exact) mass is 249 g/mol. The molecule has 1 saturated carbocycles. The third kappa shape index (κ3) is 1.87. The lowest BCUT2D eigenvalue weighted by Crippen LogP contribution is -2.33. The molecule has 1 fully saturated rings. The smallest absolute Gasteiger partial charge is 0.163 e. The minimum absolute atomic E-state index is 0.0542. The fourth-order valence-corrected chi connectivity index (χ4v) is 3.32. The lowest BCUT2D eigenvalue weighted by molar-refractivity contribution is 0.366. The molecule has 3 nitrogen and oxygen atoms in total. The van der Waals surface area contributed by atoms with Gasteiger partial charge in [-0.25, -0.2) is 0 Å². The van der Waals surface area contributed by atoms with Crippen molar-refractivity contribution in [3.05, 3.63) is 22.8 Å². The van der Waals surface area contributed by atoms with Gasteiger partial charge in [0.1, 0.15) is 0 Å². The Morgan fingerprint density at radius 1 is 1.28 bits per heavy atom. The molecule has 18 heavy (non-hydrogen) atoms. The topological polar surface area (TPSA) is 55.5 Å². The van der Waals surface area contributed by atoms with Crippen molar-refractivity contribution in [2.75, 3.05) is 13.7 Å². The zero-order valence-electron chi connectivity index (χ0n) is 11.5. The molecule has 0 amide bonds. The first-order valence-electron chi connectivity index (χ1n) is 6.63. The molecule has 2 rings (SSSR count). The van der Waals surface area contributed by atoms with Gasteiger partial charge in [-0.3, -0.25) is 0 Å². The van der Waals surface area contributed by atoms with Gasteiger partial charge in [0.2, 0.25) is 0 Å². The van der Waals surface area contributed by atoms with E-state index in [1.54, 1.807) is 7.11 Å². The highest BCUT2D eigenvalue weighted by Crippen LogP contribution is 2.45. The summed E-state index contributed by atoms with van der Waals surface area (Å²) in [5.41, 5.74) is 9.51. The van der Waals surface area contributed by atoms with Crippen molar-refractivity contribution in [2.24, 2.45) is 5.73 Å². The molecular weight excluding hydrogens is 226 g/mol. The van der Waals surface area contributed by atoms with Crippen molar-refractivity contribution in [1.82, 2.24) is 0 Å². The minimum atomic E-state index is 0.0542. The van der Waals surface area contributed by atoms with E-state index >= 15 is 0 Å². The average molecular weight is 249 g/mol. The summed E-state index contributed by atoms with van der Waals surface area (Å²) in [6.45, 7) is 4.75. The molecule has 0 saturated heterocycles. The summed E-state index contributed by atoms with van der Waals surface area (Å²) in [4.78, 5) is 0. The standard InChI is InChI=1S/C15H23NO2/c1-10-11(2)14(18-3)13(17)8-12(10)15(9-16)6-4-5-7-15/h8,17H,4-7,9,16H2,1-3H3. The molecule has 1 aromatic rings. The SMILES string of the molecule is COc1c(O)cc(C2(CN)CCCC2)c(C)c1C. The van der Waals surface area contributed by atoms with Gasteiger partial charge in [-0.1, -0.05) is 12.8 Å². The van der Waals surface area contributed by atoms with Crippen molar-refractivity contribution in [2.45, 2.75) is 44.9 Å². The van der Waals surface area contributed by atoms with Crippen LogP contribution in [0.2, 0.25) is 0 Å². The van der Waals surface area contributed by atoms with Crippen LogP contribution in [-0.2, 0) is 5.41 Å². The van der Waals surface area contributed by atoms with Gasteiger partial charge >= 0.3 is 0 Å². The Kier molecular flexibility index (Phi) is 3.53. The molecule has 0 atom stereocenters. The average Bonchev–Trinajstić information content (AvgIpc) is 2.84. The van der Waals surface area contributed by atoms with Crippen LogP contribution in [0.1, 0.15) is 42.4 Å².